The lowest BCUT2D eigenvalue weighted by molar-refractivity contribution is -0.138. The summed E-state index contributed by atoms with van der Waals surface area (Å²) >= 11 is 0. The highest BCUT2D eigenvalue weighted by atomic mass is 16.5. The third kappa shape index (κ3) is 3.56. The molecule has 0 saturated heterocycles. The number of nitrogens with one attached hydrogen (secondary N) is 1. The second kappa shape index (κ2) is 7.05. The van der Waals surface area contributed by atoms with E-state index in [2.05, 4.69) is 21.4 Å². The molecule has 23 heavy (non-hydrogen) atoms. The van der Waals surface area contributed by atoms with E-state index in [1.54, 1.807) is 19.2 Å². The number of aromatic nitrogens is 1. The van der Waals surface area contributed by atoms with Crippen LogP contribution in [-0.2, 0) is 9.53 Å². The Morgan fingerprint density at radius 2 is 2.30 bits per heavy atom. The van der Waals surface area contributed by atoms with Gasteiger partial charge in [-0.15, -0.1) is 0 Å². The summed E-state index contributed by atoms with van der Waals surface area (Å²) in [6.07, 6.45) is 11.3. The summed E-state index contributed by atoms with van der Waals surface area (Å²) in [5, 5.41) is 3.40. The minimum Gasteiger partial charge on any atom is -0.462 e. The molecular formula is C18H19N3O2. The maximum absolute atomic E-state index is 12.2. The van der Waals surface area contributed by atoms with Crippen LogP contribution in [-0.4, -0.2) is 29.8 Å². The predicted molar refractivity (Wildman–Crippen MR) is 89.7 cm³/mol. The number of ether oxygens (including phenoxy) is 1. The molecule has 2 aliphatic rings. The first kappa shape index (κ1) is 15.2. The van der Waals surface area contributed by atoms with Crippen LogP contribution >= 0.6 is 0 Å². The van der Waals surface area contributed by atoms with Crippen molar-refractivity contribution in [3.05, 3.63) is 59.6 Å². The highest BCUT2D eigenvalue weighted by Gasteiger charge is 2.23. The fourth-order valence-electron chi connectivity index (χ4n) is 2.54. The molecule has 1 aromatic rings. The SMILES string of the molecule is CCOC(=O)C1=CC(C2=CCCC=N2)NC(c2ccccn2)=C1. The monoisotopic (exact) mass is 309 g/mol. The zero-order chi connectivity index (χ0) is 16.1. The number of allylic oxidation sites excluding steroid dienone is 1. The normalized spacial score (nSPS) is 20.0. The van der Waals surface area contributed by atoms with Crippen LogP contribution in [0, 0.1) is 0 Å². The first-order valence-electron chi connectivity index (χ1n) is 7.79. The summed E-state index contributed by atoms with van der Waals surface area (Å²) in [6.45, 7) is 2.15. The van der Waals surface area contributed by atoms with E-state index in [0.717, 1.165) is 29.9 Å². The average Bonchev–Trinajstić information content (AvgIpc) is 2.63. The molecule has 5 heteroatoms. The summed E-state index contributed by atoms with van der Waals surface area (Å²) in [5.41, 5.74) is 3.02. The summed E-state index contributed by atoms with van der Waals surface area (Å²) in [5.74, 6) is -0.326. The largest absolute Gasteiger partial charge is 0.462 e. The predicted octanol–water partition coefficient (Wildman–Crippen LogP) is 2.63. The van der Waals surface area contributed by atoms with Gasteiger partial charge in [0.1, 0.15) is 0 Å². The first-order chi connectivity index (χ1) is 11.3. The van der Waals surface area contributed by atoms with Crippen molar-refractivity contribution in [2.24, 2.45) is 4.99 Å². The number of carbonyl (C=O) groups is 1. The van der Waals surface area contributed by atoms with E-state index >= 15 is 0 Å². The summed E-state index contributed by atoms with van der Waals surface area (Å²) in [4.78, 5) is 21.0. The van der Waals surface area contributed by atoms with Gasteiger partial charge in [-0.05, 0) is 44.1 Å². The third-order valence-corrected chi connectivity index (χ3v) is 3.62. The van der Waals surface area contributed by atoms with Crippen molar-refractivity contribution in [2.75, 3.05) is 6.61 Å². The Balaban J connectivity index is 1.94. The van der Waals surface area contributed by atoms with E-state index in [-0.39, 0.29) is 12.0 Å². The average molecular weight is 309 g/mol. The molecule has 0 spiro atoms. The maximum atomic E-state index is 12.2. The molecule has 0 radical (unpaired) electrons. The lowest BCUT2D eigenvalue weighted by Crippen LogP contribution is -2.32. The van der Waals surface area contributed by atoms with Gasteiger partial charge in [-0.1, -0.05) is 12.1 Å². The minimum atomic E-state index is -0.326. The number of pyridine rings is 1. The van der Waals surface area contributed by atoms with Crippen LogP contribution in [0.4, 0.5) is 0 Å². The number of esters is 1. The van der Waals surface area contributed by atoms with E-state index in [1.165, 1.54) is 0 Å². The Morgan fingerprint density at radius 3 is 3.00 bits per heavy atom. The Morgan fingerprint density at radius 1 is 1.39 bits per heavy atom. The molecule has 2 aliphatic heterocycles. The van der Waals surface area contributed by atoms with E-state index in [0.29, 0.717) is 12.2 Å². The fourth-order valence-corrected chi connectivity index (χ4v) is 2.54. The van der Waals surface area contributed by atoms with Gasteiger partial charge in [-0.3, -0.25) is 9.98 Å². The summed E-state index contributed by atoms with van der Waals surface area (Å²) in [7, 11) is 0. The van der Waals surface area contributed by atoms with Crippen LogP contribution in [0.3, 0.4) is 0 Å². The van der Waals surface area contributed by atoms with Gasteiger partial charge in [0.2, 0.25) is 0 Å². The number of hydrogen-bond donors (Lipinski definition) is 1. The van der Waals surface area contributed by atoms with E-state index in [4.69, 9.17) is 4.74 Å². The topological polar surface area (TPSA) is 63.6 Å². The molecule has 3 heterocycles. The first-order valence-corrected chi connectivity index (χ1v) is 7.79. The van der Waals surface area contributed by atoms with Crippen molar-refractivity contribution in [1.29, 1.82) is 0 Å². The number of hydrogen-bond acceptors (Lipinski definition) is 5. The Kier molecular flexibility index (Phi) is 4.66. The van der Waals surface area contributed by atoms with Gasteiger partial charge < -0.3 is 10.1 Å². The molecular weight excluding hydrogens is 290 g/mol. The molecule has 0 aliphatic carbocycles. The van der Waals surface area contributed by atoms with Crippen molar-refractivity contribution in [2.45, 2.75) is 25.8 Å². The van der Waals surface area contributed by atoms with Crippen LogP contribution in [0.5, 0.6) is 0 Å². The van der Waals surface area contributed by atoms with Crippen molar-refractivity contribution in [3.63, 3.8) is 0 Å². The quantitative estimate of drug-likeness (QED) is 0.869. The molecule has 5 nitrogen and oxygen atoms in total. The van der Waals surface area contributed by atoms with E-state index < -0.39 is 0 Å². The molecule has 1 aromatic heterocycles. The molecule has 1 N–H and O–H groups in total. The van der Waals surface area contributed by atoms with Gasteiger partial charge in [-0.2, -0.15) is 0 Å². The minimum absolute atomic E-state index is 0.159. The van der Waals surface area contributed by atoms with Gasteiger partial charge in [0.25, 0.3) is 0 Å². The number of aliphatic imine (C=N–C) groups is 1. The lowest BCUT2D eigenvalue weighted by Gasteiger charge is -2.25. The molecule has 0 fully saturated rings. The van der Waals surface area contributed by atoms with Crippen molar-refractivity contribution < 1.29 is 9.53 Å². The van der Waals surface area contributed by atoms with Crippen molar-refractivity contribution in [1.82, 2.24) is 10.3 Å². The molecule has 1 unspecified atom stereocenters. The number of rotatable bonds is 4. The highest BCUT2D eigenvalue weighted by molar-refractivity contribution is 5.95. The van der Waals surface area contributed by atoms with Crippen molar-refractivity contribution in [3.8, 4) is 0 Å². The molecule has 3 rings (SSSR count). The zero-order valence-electron chi connectivity index (χ0n) is 13.0. The number of carbonyl (C=O) groups excluding carboxylic acids is 1. The Hall–Kier alpha value is -2.69. The number of nitrogens with zero attached hydrogens (tertiary/aromatic N) is 2. The smallest absolute Gasteiger partial charge is 0.337 e. The molecule has 1 atom stereocenters. The highest BCUT2D eigenvalue weighted by Crippen LogP contribution is 2.23. The Bertz CT molecular complexity index is 702. The van der Waals surface area contributed by atoms with Crippen LogP contribution < -0.4 is 5.32 Å². The maximum Gasteiger partial charge on any atom is 0.337 e. The zero-order valence-corrected chi connectivity index (χ0v) is 13.0. The van der Waals surface area contributed by atoms with Gasteiger partial charge in [0.05, 0.1) is 35.3 Å². The second-order valence-corrected chi connectivity index (χ2v) is 5.26. The lowest BCUT2D eigenvalue weighted by atomic mass is 10.0. The van der Waals surface area contributed by atoms with Crippen LogP contribution in [0.2, 0.25) is 0 Å². The second-order valence-electron chi connectivity index (χ2n) is 5.26. The van der Waals surface area contributed by atoms with Crippen molar-refractivity contribution >= 4 is 17.9 Å². The molecule has 118 valence electrons. The molecule has 0 saturated carbocycles. The third-order valence-electron chi connectivity index (χ3n) is 3.62. The standard InChI is InChI=1S/C18H19N3O2/c1-2-23-18(22)13-11-16(14-7-3-5-9-19-14)21-17(12-13)15-8-4-6-10-20-15/h3,5,7-12,17,21H,2,4,6H2,1H3. The van der Waals surface area contributed by atoms with Crippen LogP contribution in [0.25, 0.3) is 5.70 Å². The molecule has 0 bridgehead atoms. The van der Waals surface area contributed by atoms with Gasteiger partial charge in [-0.25, -0.2) is 4.79 Å². The van der Waals surface area contributed by atoms with Crippen LogP contribution in [0.1, 0.15) is 25.5 Å². The summed E-state index contributed by atoms with van der Waals surface area (Å²) in [6, 6.07) is 5.52. The van der Waals surface area contributed by atoms with Gasteiger partial charge >= 0.3 is 5.97 Å². The Labute approximate surface area is 135 Å². The molecule has 0 aromatic carbocycles. The summed E-state index contributed by atoms with van der Waals surface area (Å²) < 4.78 is 5.14. The number of dihydropyridines is 1. The fraction of sp³-hybridized carbons (Fsp3) is 0.278. The van der Waals surface area contributed by atoms with Gasteiger partial charge in [0, 0.05) is 12.4 Å². The van der Waals surface area contributed by atoms with Gasteiger partial charge in [0.15, 0.2) is 0 Å². The van der Waals surface area contributed by atoms with E-state index in [1.807, 2.05) is 30.5 Å². The van der Waals surface area contributed by atoms with E-state index in [9.17, 15) is 4.79 Å². The van der Waals surface area contributed by atoms with Crippen LogP contribution in [0.15, 0.2) is 58.9 Å². The molecule has 0 amide bonds.